The summed E-state index contributed by atoms with van der Waals surface area (Å²) in [6.45, 7) is 2.02. The first-order chi connectivity index (χ1) is 9.36. The van der Waals surface area contributed by atoms with Gasteiger partial charge in [-0.2, -0.15) is 0 Å². The molecule has 4 atom stereocenters. The average molecular weight is 256 g/mol. The van der Waals surface area contributed by atoms with E-state index in [1.807, 2.05) is 0 Å². The molecule has 1 heterocycles. The molecule has 2 nitrogen and oxygen atoms in total. The highest BCUT2D eigenvalue weighted by Gasteiger charge is 2.44. The Kier molecular flexibility index (Phi) is 2.80. The van der Waals surface area contributed by atoms with Crippen LogP contribution in [0.15, 0.2) is 24.3 Å². The van der Waals surface area contributed by atoms with Crippen molar-refractivity contribution in [1.29, 1.82) is 0 Å². The summed E-state index contributed by atoms with van der Waals surface area (Å²) < 4.78 is 0. The fourth-order valence-electron chi connectivity index (χ4n) is 4.88. The molecule has 2 N–H and O–H groups in total. The van der Waals surface area contributed by atoms with Gasteiger partial charge in [0.2, 0.25) is 0 Å². The molecule has 0 spiro atoms. The van der Waals surface area contributed by atoms with Crippen LogP contribution < -0.4 is 10.6 Å². The van der Waals surface area contributed by atoms with Crippen LogP contribution in [0.1, 0.15) is 43.6 Å². The second kappa shape index (κ2) is 4.52. The zero-order valence-corrected chi connectivity index (χ0v) is 11.6. The SMILES string of the molecule is NCCC1CN(C2CC3CCC2C3)c2ccccc21. The molecule has 0 saturated heterocycles. The number of anilines is 1. The molecule has 1 aliphatic heterocycles. The summed E-state index contributed by atoms with van der Waals surface area (Å²) in [7, 11) is 0. The molecule has 2 bridgehead atoms. The molecule has 102 valence electrons. The number of para-hydroxylation sites is 1. The van der Waals surface area contributed by atoms with Crippen molar-refractivity contribution in [3.63, 3.8) is 0 Å². The molecule has 0 amide bonds. The van der Waals surface area contributed by atoms with Crippen LogP contribution in [0.2, 0.25) is 0 Å². The van der Waals surface area contributed by atoms with E-state index in [0.717, 1.165) is 30.8 Å². The molecule has 0 radical (unpaired) electrons. The smallest absolute Gasteiger partial charge is 0.0405 e. The van der Waals surface area contributed by atoms with Gasteiger partial charge in [0.05, 0.1) is 0 Å². The third kappa shape index (κ3) is 1.80. The number of nitrogens with two attached hydrogens (primary N) is 1. The third-order valence-corrected chi connectivity index (χ3v) is 5.72. The van der Waals surface area contributed by atoms with Crippen LogP contribution in [-0.4, -0.2) is 19.1 Å². The van der Waals surface area contributed by atoms with E-state index in [0.29, 0.717) is 5.92 Å². The molecule has 4 unspecified atom stereocenters. The van der Waals surface area contributed by atoms with Crippen LogP contribution in [0.4, 0.5) is 5.69 Å². The molecular weight excluding hydrogens is 232 g/mol. The van der Waals surface area contributed by atoms with E-state index < -0.39 is 0 Å². The Morgan fingerprint density at radius 2 is 2.05 bits per heavy atom. The van der Waals surface area contributed by atoms with E-state index in [2.05, 4.69) is 29.2 Å². The Labute approximate surface area is 116 Å². The van der Waals surface area contributed by atoms with Crippen LogP contribution in [0.5, 0.6) is 0 Å². The van der Waals surface area contributed by atoms with Crippen LogP contribution in [0.25, 0.3) is 0 Å². The van der Waals surface area contributed by atoms with E-state index in [1.165, 1.54) is 37.9 Å². The normalized spacial score (nSPS) is 35.9. The van der Waals surface area contributed by atoms with Gasteiger partial charge < -0.3 is 10.6 Å². The van der Waals surface area contributed by atoms with Crippen LogP contribution in [-0.2, 0) is 0 Å². The van der Waals surface area contributed by atoms with Gasteiger partial charge in [0.1, 0.15) is 0 Å². The van der Waals surface area contributed by atoms with Gasteiger partial charge in [-0.25, -0.2) is 0 Å². The molecule has 2 heteroatoms. The number of nitrogens with zero attached hydrogens (tertiary/aromatic N) is 1. The van der Waals surface area contributed by atoms with E-state index in [1.54, 1.807) is 5.56 Å². The van der Waals surface area contributed by atoms with Gasteiger partial charge in [-0.05, 0) is 55.7 Å². The summed E-state index contributed by atoms with van der Waals surface area (Å²) in [5, 5.41) is 0. The lowest BCUT2D eigenvalue weighted by Crippen LogP contribution is -2.38. The summed E-state index contributed by atoms with van der Waals surface area (Å²) in [6.07, 6.45) is 7.02. The van der Waals surface area contributed by atoms with Gasteiger partial charge in [0, 0.05) is 24.2 Å². The van der Waals surface area contributed by atoms with E-state index in [-0.39, 0.29) is 0 Å². The second-order valence-corrected chi connectivity index (χ2v) is 6.73. The molecule has 2 fully saturated rings. The largest absolute Gasteiger partial charge is 0.367 e. The van der Waals surface area contributed by atoms with E-state index in [9.17, 15) is 0 Å². The van der Waals surface area contributed by atoms with Gasteiger partial charge in [0.25, 0.3) is 0 Å². The van der Waals surface area contributed by atoms with Gasteiger partial charge in [0.15, 0.2) is 0 Å². The Morgan fingerprint density at radius 3 is 2.79 bits per heavy atom. The van der Waals surface area contributed by atoms with Gasteiger partial charge in [-0.1, -0.05) is 24.6 Å². The van der Waals surface area contributed by atoms with Crippen molar-refractivity contribution < 1.29 is 0 Å². The Bertz CT molecular complexity index is 470. The first kappa shape index (κ1) is 11.8. The molecule has 1 aromatic carbocycles. The van der Waals surface area contributed by atoms with Crippen LogP contribution in [0.3, 0.4) is 0 Å². The maximum atomic E-state index is 5.81. The molecule has 2 aliphatic carbocycles. The maximum Gasteiger partial charge on any atom is 0.0405 e. The zero-order valence-electron chi connectivity index (χ0n) is 11.6. The Morgan fingerprint density at radius 1 is 1.16 bits per heavy atom. The molecule has 2 saturated carbocycles. The lowest BCUT2D eigenvalue weighted by atomic mass is 9.94. The summed E-state index contributed by atoms with van der Waals surface area (Å²) in [5.41, 5.74) is 8.87. The first-order valence-electron chi connectivity index (χ1n) is 7.92. The van der Waals surface area contributed by atoms with Crippen molar-refractivity contribution in [2.45, 2.75) is 44.1 Å². The van der Waals surface area contributed by atoms with Crippen molar-refractivity contribution in [1.82, 2.24) is 0 Å². The van der Waals surface area contributed by atoms with Gasteiger partial charge in [-0.15, -0.1) is 0 Å². The summed E-state index contributed by atoms with van der Waals surface area (Å²) >= 11 is 0. The molecule has 4 rings (SSSR count). The highest BCUT2D eigenvalue weighted by Crippen LogP contribution is 2.50. The molecule has 1 aromatic rings. The van der Waals surface area contributed by atoms with Crippen molar-refractivity contribution >= 4 is 5.69 Å². The number of rotatable bonds is 3. The average Bonchev–Trinajstić information content (AvgIpc) is 3.13. The molecule has 0 aromatic heterocycles. The number of benzene rings is 1. The highest BCUT2D eigenvalue weighted by molar-refractivity contribution is 5.61. The Balaban J connectivity index is 1.64. The lowest BCUT2D eigenvalue weighted by molar-refractivity contribution is 0.392. The predicted octanol–water partition coefficient (Wildman–Crippen LogP) is 3.13. The predicted molar refractivity (Wildman–Crippen MR) is 79.4 cm³/mol. The molecule has 3 aliphatic rings. The molecular formula is C17H24N2. The minimum absolute atomic E-state index is 0.667. The van der Waals surface area contributed by atoms with Crippen molar-refractivity contribution in [3.05, 3.63) is 29.8 Å². The quantitative estimate of drug-likeness (QED) is 0.900. The minimum Gasteiger partial charge on any atom is -0.367 e. The highest BCUT2D eigenvalue weighted by atomic mass is 15.2. The maximum absolute atomic E-state index is 5.81. The number of hydrogen-bond acceptors (Lipinski definition) is 2. The summed E-state index contributed by atoms with van der Waals surface area (Å²) in [6, 6.07) is 9.86. The Hall–Kier alpha value is -1.02. The summed E-state index contributed by atoms with van der Waals surface area (Å²) in [5.74, 6) is 2.66. The van der Waals surface area contributed by atoms with Crippen molar-refractivity contribution in [3.8, 4) is 0 Å². The monoisotopic (exact) mass is 256 g/mol. The van der Waals surface area contributed by atoms with E-state index >= 15 is 0 Å². The third-order valence-electron chi connectivity index (χ3n) is 5.72. The first-order valence-corrected chi connectivity index (χ1v) is 7.92. The van der Waals surface area contributed by atoms with Gasteiger partial charge >= 0.3 is 0 Å². The zero-order chi connectivity index (χ0) is 12.8. The van der Waals surface area contributed by atoms with Gasteiger partial charge in [-0.3, -0.25) is 0 Å². The standard InChI is InChI=1S/C17H24N2/c18-8-7-14-11-19(16-4-2-1-3-15(14)16)17-10-12-5-6-13(17)9-12/h1-4,12-14,17H,5-11,18H2. The van der Waals surface area contributed by atoms with Crippen LogP contribution >= 0.6 is 0 Å². The summed E-state index contributed by atoms with van der Waals surface area (Å²) in [4.78, 5) is 2.74. The number of fused-ring (bicyclic) bond motifs is 3. The lowest BCUT2D eigenvalue weighted by Gasteiger charge is -2.34. The van der Waals surface area contributed by atoms with Crippen molar-refractivity contribution in [2.75, 3.05) is 18.0 Å². The minimum atomic E-state index is 0.667. The fraction of sp³-hybridized carbons (Fsp3) is 0.647. The topological polar surface area (TPSA) is 29.3 Å². The number of hydrogen-bond donors (Lipinski definition) is 1. The molecule has 19 heavy (non-hydrogen) atoms. The van der Waals surface area contributed by atoms with Crippen molar-refractivity contribution in [2.24, 2.45) is 17.6 Å². The van der Waals surface area contributed by atoms with Crippen LogP contribution in [0, 0.1) is 11.8 Å². The van der Waals surface area contributed by atoms with E-state index in [4.69, 9.17) is 5.73 Å². The second-order valence-electron chi connectivity index (χ2n) is 6.73. The fourth-order valence-corrected chi connectivity index (χ4v) is 4.88.